The van der Waals surface area contributed by atoms with Crippen molar-refractivity contribution in [3.8, 4) is 0 Å². The summed E-state index contributed by atoms with van der Waals surface area (Å²) in [4.78, 5) is 12.0. The monoisotopic (exact) mass is 284 g/mol. The van der Waals surface area contributed by atoms with Gasteiger partial charge in [0.1, 0.15) is 11.9 Å². The minimum atomic E-state index is -0.228. The Kier molecular flexibility index (Phi) is 4.09. The third kappa shape index (κ3) is 3.02. The normalized spacial score (nSPS) is 26.5. The van der Waals surface area contributed by atoms with Gasteiger partial charge in [0.2, 0.25) is 0 Å². The molecule has 2 atom stereocenters. The van der Waals surface area contributed by atoms with Crippen molar-refractivity contribution in [3.05, 3.63) is 53.3 Å². The molecule has 2 aliphatic rings. The molecule has 0 bridgehead atoms. The molecule has 3 rings (SSSR count). The number of carbonyl (C=O) groups excluding carboxylic acids is 1. The zero-order valence-electron chi connectivity index (χ0n) is 12.2. The van der Waals surface area contributed by atoms with E-state index in [4.69, 9.17) is 9.47 Å². The molecule has 1 aliphatic heterocycles. The van der Waals surface area contributed by atoms with E-state index in [2.05, 4.69) is 0 Å². The number of benzene rings is 1. The fraction of sp³-hybridized carbons (Fsp3) is 0.389. The fourth-order valence-corrected chi connectivity index (χ4v) is 3.18. The van der Waals surface area contributed by atoms with Crippen molar-refractivity contribution < 1.29 is 14.3 Å². The molecule has 21 heavy (non-hydrogen) atoms. The van der Waals surface area contributed by atoms with Gasteiger partial charge < -0.3 is 9.47 Å². The standard InChI is InChI=1S/C18H20O3/c1-20-18(19)16-12-14(11-13-7-3-2-4-8-13)21-17-10-6-5-9-15(16)17/h2-4,7-8,11-12,15,17H,5-6,9-10H2,1H3. The summed E-state index contributed by atoms with van der Waals surface area (Å²) in [6, 6.07) is 10.0. The molecule has 110 valence electrons. The van der Waals surface area contributed by atoms with E-state index in [0.29, 0.717) is 0 Å². The second-order valence-corrected chi connectivity index (χ2v) is 5.60. The Balaban J connectivity index is 1.94. The SMILES string of the molecule is COC(=O)C1=CC(=Cc2ccccc2)OC2CCCCC12. The zero-order chi connectivity index (χ0) is 14.7. The maximum Gasteiger partial charge on any atom is 0.334 e. The summed E-state index contributed by atoms with van der Waals surface area (Å²) in [7, 11) is 1.44. The molecular formula is C18H20O3. The molecule has 1 aromatic carbocycles. The van der Waals surface area contributed by atoms with Gasteiger partial charge in [-0.1, -0.05) is 36.8 Å². The summed E-state index contributed by atoms with van der Waals surface area (Å²) in [5.74, 6) is 0.707. The molecule has 1 aliphatic carbocycles. The van der Waals surface area contributed by atoms with Crippen molar-refractivity contribution in [2.75, 3.05) is 7.11 Å². The van der Waals surface area contributed by atoms with Crippen molar-refractivity contribution >= 4 is 12.0 Å². The lowest BCUT2D eigenvalue weighted by Gasteiger charge is -2.36. The molecule has 0 N–H and O–H groups in total. The van der Waals surface area contributed by atoms with E-state index < -0.39 is 0 Å². The Morgan fingerprint density at radius 1 is 1.24 bits per heavy atom. The molecule has 0 spiro atoms. The second kappa shape index (κ2) is 6.17. The van der Waals surface area contributed by atoms with E-state index in [1.807, 2.05) is 42.5 Å². The molecule has 3 heteroatoms. The first-order chi connectivity index (χ1) is 10.3. The molecule has 0 saturated heterocycles. The number of hydrogen-bond acceptors (Lipinski definition) is 3. The minimum absolute atomic E-state index is 0.104. The number of rotatable bonds is 2. The van der Waals surface area contributed by atoms with Gasteiger partial charge in [0.15, 0.2) is 0 Å². The van der Waals surface area contributed by atoms with Crippen molar-refractivity contribution in [2.45, 2.75) is 31.8 Å². The molecule has 1 aromatic rings. The maximum atomic E-state index is 12.0. The van der Waals surface area contributed by atoms with Crippen molar-refractivity contribution in [3.63, 3.8) is 0 Å². The van der Waals surface area contributed by atoms with Gasteiger partial charge in [-0.15, -0.1) is 0 Å². The summed E-state index contributed by atoms with van der Waals surface area (Å²) in [6.45, 7) is 0. The first kappa shape index (κ1) is 13.9. The van der Waals surface area contributed by atoms with E-state index in [1.54, 1.807) is 0 Å². The fourth-order valence-electron chi connectivity index (χ4n) is 3.18. The van der Waals surface area contributed by atoms with Crippen LogP contribution in [0.25, 0.3) is 6.08 Å². The maximum absolute atomic E-state index is 12.0. The number of carbonyl (C=O) groups is 1. The molecule has 1 heterocycles. The molecule has 2 unspecified atom stereocenters. The van der Waals surface area contributed by atoms with Crippen LogP contribution < -0.4 is 0 Å². The van der Waals surface area contributed by atoms with Gasteiger partial charge >= 0.3 is 5.97 Å². The Labute approximate surface area is 125 Å². The van der Waals surface area contributed by atoms with Gasteiger partial charge in [-0.05, 0) is 37.0 Å². The highest BCUT2D eigenvalue weighted by atomic mass is 16.5. The lowest BCUT2D eigenvalue weighted by atomic mass is 9.79. The van der Waals surface area contributed by atoms with Gasteiger partial charge in [-0.3, -0.25) is 0 Å². The molecular weight excluding hydrogens is 264 g/mol. The summed E-state index contributed by atoms with van der Waals surface area (Å²) < 4.78 is 11.0. The second-order valence-electron chi connectivity index (χ2n) is 5.60. The minimum Gasteiger partial charge on any atom is -0.490 e. The summed E-state index contributed by atoms with van der Waals surface area (Å²) in [5.41, 5.74) is 1.83. The van der Waals surface area contributed by atoms with Crippen LogP contribution in [0.2, 0.25) is 0 Å². The Hall–Kier alpha value is -2.03. The molecule has 0 amide bonds. The summed E-state index contributed by atoms with van der Waals surface area (Å²) in [5, 5.41) is 0. The number of allylic oxidation sites excluding steroid dienone is 1. The predicted molar refractivity (Wildman–Crippen MR) is 81.3 cm³/mol. The van der Waals surface area contributed by atoms with E-state index in [0.717, 1.165) is 42.6 Å². The van der Waals surface area contributed by atoms with Crippen molar-refractivity contribution in [2.24, 2.45) is 5.92 Å². The Morgan fingerprint density at radius 3 is 2.76 bits per heavy atom. The van der Waals surface area contributed by atoms with E-state index in [-0.39, 0.29) is 18.0 Å². The lowest BCUT2D eigenvalue weighted by Crippen LogP contribution is -2.34. The highest BCUT2D eigenvalue weighted by Crippen LogP contribution is 2.38. The molecule has 0 aromatic heterocycles. The number of hydrogen-bond donors (Lipinski definition) is 0. The molecule has 0 radical (unpaired) electrons. The van der Waals surface area contributed by atoms with Crippen LogP contribution in [0, 0.1) is 5.92 Å². The van der Waals surface area contributed by atoms with Crippen LogP contribution in [0.5, 0.6) is 0 Å². The average Bonchev–Trinajstić information content (AvgIpc) is 2.54. The topological polar surface area (TPSA) is 35.5 Å². The van der Waals surface area contributed by atoms with E-state index in [9.17, 15) is 4.79 Å². The number of methoxy groups -OCH3 is 1. The highest BCUT2D eigenvalue weighted by molar-refractivity contribution is 5.90. The van der Waals surface area contributed by atoms with Crippen LogP contribution in [0.15, 0.2) is 47.7 Å². The third-order valence-electron chi connectivity index (χ3n) is 4.22. The molecule has 3 nitrogen and oxygen atoms in total. The largest absolute Gasteiger partial charge is 0.490 e. The van der Waals surface area contributed by atoms with Crippen LogP contribution in [-0.2, 0) is 14.3 Å². The van der Waals surface area contributed by atoms with Crippen LogP contribution in [0.3, 0.4) is 0 Å². The predicted octanol–water partition coefficient (Wildman–Crippen LogP) is 3.72. The number of fused-ring (bicyclic) bond motifs is 1. The summed E-state index contributed by atoms with van der Waals surface area (Å²) in [6.07, 6.45) is 8.26. The first-order valence-electron chi connectivity index (χ1n) is 7.51. The van der Waals surface area contributed by atoms with Crippen LogP contribution in [0.1, 0.15) is 31.2 Å². The summed E-state index contributed by atoms with van der Waals surface area (Å²) >= 11 is 0. The van der Waals surface area contributed by atoms with Gasteiger partial charge in [0, 0.05) is 11.5 Å². The Bertz CT molecular complexity index is 571. The van der Waals surface area contributed by atoms with Gasteiger partial charge in [-0.2, -0.15) is 0 Å². The molecule has 1 saturated carbocycles. The van der Waals surface area contributed by atoms with Crippen LogP contribution in [-0.4, -0.2) is 19.2 Å². The number of ether oxygens (including phenoxy) is 2. The highest BCUT2D eigenvalue weighted by Gasteiger charge is 2.36. The van der Waals surface area contributed by atoms with Crippen LogP contribution >= 0.6 is 0 Å². The Morgan fingerprint density at radius 2 is 2.00 bits per heavy atom. The lowest BCUT2D eigenvalue weighted by molar-refractivity contribution is -0.138. The van der Waals surface area contributed by atoms with Crippen molar-refractivity contribution in [1.29, 1.82) is 0 Å². The van der Waals surface area contributed by atoms with E-state index >= 15 is 0 Å². The van der Waals surface area contributed by atoms with Gasteiger partial charge in [0.25, 0.3) is 0 Å². The van der Waals surface area contributed by atoms with E-state index in [1.165, 1.54) is 7.11 Å². The third-order valence-corrected chi connectivity index (χ3v) is 4.22. The molecule has 1 fully saturated rings. The van der Waals surface area contributed by atoms with Gasteiger partial charge in [-0.25, -0.2) is 4.79 Å². The quantitative estimate of drug-likeness (QED) is 0.777. The zero-order valence-corrected chi connectivity index (χ0v) is 12.2. The van der Waals surface area contributed by atoms with Gasteiger partial charge in [0.05, 0.1) is 7.11 Å². The van der Waals surface area contributed by atoms with Crippen molar-refractivity contribution in [1.82, 2.24) is 0 Å². The first-order valence-corrected chi connectivity index (χ1v) is 7.51. The van der Waals surface area contributed by atoms with Crippen LogP contribution in [0.4, 0.5) is 0 Å². The smallest absolute Gasteiger partial charge is 0.334 e. The average molecular weight is 284 g/mol. The number of esters is 1.